The zero-order chi connectivity index (χ0) is 21.8. The van der Waals surface area contributed by atoms with E-state index in [2.05, 4.69) is 0 Å². The van der Waals surface area contributed by atoms with Crippen molar-refractivity contribution in [1.82, 2.24) is 9.21 Å². The summed E-state index contributed by atoms with van der Waals surface area (Å²) in [7, 11) is -1.19. The van der Waals surface area contributed by atoms with Crippen LogP contribution < -0.4 is 9.47 Å². The third-order valence-electron chi connectivity index (χ3n) is 4.84. The molecule has 0 fully saturated rings. The van der Waals surface area contributed by atoms with E-state index in [1.807, 2.05) is 0 Å². The van der Waals surface area contributed by atoms with Gasteiger partial charge < -0.3 is 9.47 Å². The molecule has 0 radical (unpaired) electrons. The van der Waals surface area contributed by atoms with Crippen LogP contribution in [-0.4, -0.2) is 61.0 Å². The monoisotopic (exact) mass is 453 g/mol. The van der Waals surface area contributed by atoms with Crippen LogP contribution in [0.15, 0.2) is 23.6 Å². The van der Waals surface area contributed by atoms with Gasteiger partial charge in [-0.1, -0.05) is 17.4 Å². The van der Waals surface area contributed by atoms with Crippen molar-refractivity contribution >= 4 is 38.2 Å². The highest BCUT2D eigenvalue weighted by Gasteiger charge is 2.47. The second-order valence-electron chi connectivity index (χ2n) is 6.76. The van der Waals surface area contributed by atoms with E-state index in [1.165, 1.54) is 31.6 Å². The van der Waals surface area contributed by atoms with E-state index in [0.717, 1.165) is 9.21 Å². The van der Waals surface area contributed by atoms with Crippen molar-refractivity contribution in [2.24, 2.45) is 0 Å². The van der Waals surface area contributed by atoms with E-state index in [1.54, 1.807) is 6.07 Å². The van der Waals surface area contributed by atoms with Crippen LogP contribution >= 0.6 is 11.3 Å². The summed E-state index contributed by atoms with van der Waals surface area (Å²) in [5, 5.41) is 12.1. The lowest BCUT2D eigenvalue weighted by Crippen LogP contribution is -2.40. The van der Waals surface area contributed by atoms with E-state index in [-0.39, 0.29) is 17.9 Å². The second-order valence-corrected chi connectivity index (χ2v) is 9.84. The number of thiophene rings is 1. The van der Waals surface area contributed by atoms with E-state index in [0.29, 0.717) is 28.4 Å². The van der Waals surface area contributed by atoms with Gasteiger partial charge in [0, 0.05) is 19.5 Å². The van der Waals surface area contributed by atoms with E-state index >= 15 is 0 Å². The Labute approximate surface area is 174 Å². The smallest absolute Gasteiger partial charge is 0.337 e. The second kappa shape index (κ2) is 7.04. The molecule has 2 amide bonds. The molecule has 2 aromatic rings. The molecular weight excluding hydrogens is 438 g/mol. The number of benzene rings is 1. The molecule has 1 aromatic heterocycles. The van der Waals surface area contributed by atoms with Gasteiger partial charge in [0.15, 0.2) is 11.5 Å². The van der Waals surface area contributed by atoms with Crippen molar-refractivity contribution in [2.45, 2.75) is 6.04 Å². The van der Waals surface area contributed by atoms with E-state index in [4.69, 9.17) is 9.47 Å². The molecule has 1 atom stereocenters. The predicted molar refractivity (Wildman–Crippen MR) is 104 cm³/mol. The van der Waals surface area contributed by atoms with Crippen molar-refractivity contribution in [3.63, 3.8) is 0 Å². The molecule has 0 spiro atoms. The molecule has 4 rings (SSSR count). The van der Waals surface area contributed by atoms with Crippen LogP contribution in [0.2, 0.25) is 0 Å². The summed E-state index contributed by atoms with van der Waals surface area (Å²) in [6, 6.07) is 3.36. The number of sulfonamides is 1. The summed E-state index contributed by atoms with van der Waals surface area (Å²) in [4.78, 5) is 37.3. The largest absolute Gasteiger partial charge is 0.454 e. The van der Waals surface area contributed by atoms with Gasteiger partial charge in [0.2, 0.25) is 16.8 Å². The summed E-state index contributed by atoms with van der Waals surface area (Å²) in [6.45, 7) is -0.00971. The van der Waals surface area contributed by atoms with Crippen molar-refractivity contribution in [3.05, 3.63) is 50.4 Å². The van der Waals surface area contributed by atoms with Crippen LogP contribution in [0, 0.1) is 10.1 Å². The average molecular weight is 453 g/mol. The molecule has 0 bridgehead atoms. The minimum atomic E-state index is -3.86. The number of amides is 2. The zero-order valence-corrected chi connectivity index (χ0v) is 17.4. The Morgan fingerprint density at radius 2 is 1.93 bits per heavy atom. The molecule has 1 aromatic carbocycles. The van der Waals surface area contributed by atoms with E-state index in [9.17, 15) is 28.1 Å². The molecule has 0 saturated carbocycles. The van der Waals surface area contributed by atoms with Crippen molar-refractivity contribution < 1.29 is 32.4 Å². The molecule has 0 N–H and O–H groups in total. The third kappa shape index (κ3) is 3.11. The summed E-state index contributed by atoms with van der Waals surface area (Å²) < 4.78 is 36.8. The van der Waals surface area contributed by atoms with Crippen LogP contribution in [0.3, 0.4) is 0 Å². The maximum Gasteiger partial charge on any atom is 0.337 e. The summed E-state index contributed by atoms with van der Waals surface area (Å²) in [5.41, 5.74) is -0.101. The first kappa shape index (κ1) is 20.3. The number of carbonyl (C=O) groups excluding carboxylic acids is 2. The highest BCUT2D eigenvalue weighted by molar-refractivity contribution is 7.89. The third-order valence-corrected chi connectivity index (χ3v) is 7.62. The highest BCUT2D eigenvalue weighted by atomic mass is 32.2. The molecule has 13 heteroatoms. The molecule has 2 aliphatic rings. The van der Waals surface area contributed by atoms with Crippen molar-refractivity contribution in [2.75, 3.05) is 26.6 Å². The van der Waals surface area contributed by atoms with Gasteiger partial charge in [-0.2, -0.15) is 0 Å². The van der Waals surface area contributed by atoms with Gasteiger partial charge in [0.05, 0.1) is 22.3 Å². The fraction of sp³-hybridized carbons (Fsp3) is 0.294. The van der Waals surface area contributed by atoms with Crippen LogP contribution in [0.25, 0.3) is 0 Å². The molecule has 30 heavy (non-hydrogen) atoms. The summed E-state index contributed by atoms with van der Waals surface area (Å²) in [6.07, 6.45) is 0. The van der Waals surface area contributed by atoms with Crippen LogP contribution in [-0.2, 0) is 10.0 Å². The lowest BCUT2D eigenvalue weighted by atomic mass is 10.1. The quantitative estimate of drug-likeness (QED) is 0.366. The van der Waals surface area contributed by atoms with Crippen molar-refractivity contribution in [3.8, 4) is 11.5 Å². The molecule has 11 nitrogen and oxygen atoms in total. The molecule has 0 aliphatic carbocycles. The van der Waals surface area contributed by atoms with Crippen molar-refractivity contribution in [1.29, 1.82) is 0 Å². The van der Waals surface area contributed by atoms with Gasteiger partial charge in [-0.3, -0.25) is 24.6 Å². The van der Waals surface area contributed by atoms with Crippen LogP contribution in [0.4, 0.5) is 5.00 Å². The minimum absolute atomic E-state index is 0.00971. The van der Waals surface area contributed by atoms with Gasteiger partial charge >= 0.3 is 5.00 Å². The standard InChI is InChI=1S/C17H15N3O8S2/c1-18(2)30(25,26)7-11(9-3-4-12-13(5-9)28-8-27-12)19-15(21)10-6-29-17(20(23)24)14(10)16(19)22/h3-6,11H,7-8H2,1-2H3/t11-/m1/s1. The molecule has 0 saturated heterocycles. The van der Waals surface area contributed by atoms with Crippen LogP contribution in [0.1, 0.15) is 32.3 Å². The number of imide groups is 1. The molecule has 0 unspecified atom stereocenters. The molecule has 2 aliphatic heterocycles. The normalized spacial score (nSPS) is 16.3. The van der Waals surface area contributed by atoms with Gasteiger partial charge in [-0.25, -0.2) is 12.7 Å². The number of carbonyl (C=O) groups is 2. The Hall–Kier alpha value is -3.03. The number of hydrogen-bond acceptors (Lipinski definition) is 9. The lowest BCUT2D eigenvalue weighted by molar-refractivity contribution is -0.380. The predicted octanol–water partition coefficient (Wildman–Crippen LogP) is 1.61. The Bertz CT molecular complexity index is 1190. The van der Waals surface area contributed by atoms with Gasteiger partial charge in [0.1, 0.15) is 5.56 Å². The molecule has 158 valence electrons. The summed E-state index contributed by atoms with van der Waals surface area (Å²) >= 11 is 0.681. The van der Waals surface area contributed by atoms with Gasteiger partial charge in [0.25, 0.3) is 11.8 Å². The fourth-order valence-corrected chi connectivity index (χ4v) is 5.15. The van der Waals surface area contributed by atoms with Gasteiger partial charge in [-0.05, 0) is 17.7 Å². The summed E-state index contributed by atoms with van der Waals surface area (Å²) in [5.74, 6) is -1.49. The number of hydrogen-bond donors (Lipinski definition) is 0. The number of nitrogens with zero attached hydrogens (tertiary/aromatic N) is 3. The first-order chi connectivity index (χ1) is 14.1. The maximum atomic E-state index is 13.0. The SMILES string of the molecule is CN(C)S(=O)(=O)C[C@H](c1ccc2c(c1)OCO2)N1C(=O)c2csc([N+](=O)[O-])c2C1=O. The minimum Gasteiger partial charge on any atom is -0.454 e. The Kier molecular flexibility index (Phi) is 4.75. The van der Waals surface area contributed by atoms with Gasteiger partial charge in [-0.15, -0.1) is 0 Å². The zero-order valence-electron chi connectivity index (χ0n) is 15.7. The molecular formula is C17H15N3O8S2. The van der Waals surface area contributed by atoms with E-state index < -0.39 is 43.6 Å². The maximum absolute atomic E-state index is 13.0. The Morgan fingerprint density at radius 3 is 2.60 bits per heavy atom. The Balaban J connectivity index is 1.81. The number of rotatable bonds is 6. The average Bonchev–Trinajstić information content (AvgIpc) is 3.37. The number of ether oxygens (including phenoxy) is 2. The Morgan fingerprint density at radius 1 is 1.23 bits per heavy atom. The topological polar surface area (TPSA) is 136 Å². The van der Waals surface area contributed by atoms with Crippen LogP contribution in [0.5, 0.6) is 11.5 Å². The molecule has 3 heterocycles. The fourth-order valence-electron chi connectivity index (χ4n) is 3.26. The highest BCUT2D eigenvalue weighted by Crippen LogP contribution is 2.42. The lowest BCUT2D eigenvalue weighted by Gasteiger charge is -2.27. The first-order valence-corrected chi connectivity index (χ1v) is 11.0. The number of fused-ring (bicyclic) bond motifs is 2. The number of nitro groups is 1. The first-order valence-electron chi connectivity index (χ1n) is 8.55.